The van der Waals surface area contributed by atoms with Gasteiger partial charge in [0.05, 0.1) is 5.41 Å². The molecule has 1 aliphatic carbocycles. The third kappa shape index (κ3) is 3.05. The molecule has 1 aromatic carbocycles. The first-order valence-electron chi connectivity index (χ1n) is 8.59. The van der Waals surface area contributed by atoms with Crippen molar-refractivity contribution < 1.29 is 0 Å². The Morgan fingerprint density at radius 3 is 2.36 bits per heavy atom. The standard InChI is InChI=1S/C20H25ClN4/c1-19(2,23)16-6-4-13-25(17(16)24-3)18(22)20(11-5-12-20)14-7-9-15(21)10-8-14/h4,6-10,13,22H,5,11-12,23H2,1-3H3. The van der Waals surface area contributed by atoms with Crippen molar-refractivity contribution in [2.75, 3.05) is 7.05 Å². The molecule has 0 saturated heterocycles. The Hall–Kier alpha value is -1.91. The molecular weight excluding hydrogens is 332 g/mol. The number of pyridine rings is 1. The van der Waals surface area contributed by atoms with Gasteiger partial charge in [-0.2, -0.15) is 0 Å². The van der Waals surface area contributed by atoms with Crippen molar-refractivity contribution >= 4 is 17.4 Å². The van der Waals surface area contributed by atoms with E-state index in [9.17, 15) is 0 Å². The summed E-state index contributed by atoms with van der Waals surface area (Å²) in [6, 6.07) is 11.8. The second-order valence-electron chi connectivity index (χ2n) is 7.35. The number of nitrogens with one attached hydrogen (secondary N) is 1. The van der Waals surface area contributed by atoms with Gasteiger partial charge in [0, 0.05) is 29.4 Å². The molecule has 1 aliphatic rings. The lowest BCUT2D eigenvalue weighted by atomic mass is 9.63. The summed E-state index contributed by atoms with van der Waals surface area (Å²) >= 11 is 6.05. The largest absolute Gasteiger partial charge is 0.322 e. The van der Waals surface area contributed by atoms with Crippen molar-refractivity contribution in [2.45, 2.75) is 44.1 Å². The first-order valence-corrected chi connectivity index (χ1v) is 8.97. The topological polar surface area (TPSA) is 67.2 Å². The molecule has 0 amide bonds. The molecule has 0 spiro atoms. The van der Waals surface area contributed by atoms with Crippen LogP contribution < -0.4 is 11.2 Å². The Morgan fingerprint density at radius 2 is 1.88 bits per heavy atom. The second kappa shape index (κ2) is 6.43. The monoisotopic (exact) mass is 356 g/mol. The number of rotatable bonds is 3. The van der Waals surface area contributed by atoms with Crippen LogP contribution in [0.15, 0.2) is 47.6 Å². The molecule has 3 N–H and O–H groups in total. The lowest BCUT2D eigenvalue weighted by Gasteiger charge is -2.43. The van der Waals surface area contributed by atoms with Crippen LogP contribution in [0.1, 0.15) is 44.2 Å². The highest BCUT2D eigenvalue weighted by molar-refractivity contribution is 6.30. The van der Waals surface area contributed by atoms with E-state index < -0.39 is 5.54 Å². The highest BCUT2D eigenvalue weighted by Crippen LogP contribution is 2.45. The van der Waals surface area contributed by atoms with Crippen LogP contribution in [0.3, 0.4) is 0 Å². The van der Waals surface area contributed by atoms with Gasteiger partial charge in [0.25, 0.3) is 0 Å². The molecule has 1 aromatic heterocycles. The van der Waals surface area contributed by atoms with Crippen LogP contribution in [0.5, 0.6) is 0 Å². The van der Waals surface area contributed by atoms with Gasteiger partial charge < -0.3 is 5.73 Å². The fourth-order valence-corrected chi connectivity index (χ4v) is 3.73. The maximum Gasteiger partial charge on any atom is 0.137 e. The average Bonchev–Trinajstić information content (AvgIpc) is 2.53. The van der Waals surface area contributed by atoms with Gasteiger partial charge in [-0.25, -0.2) is 0 Å². The molecule has 0 aliphatic heterocycles. The molecule has 25 heavy (non-hydrogen) atoms. The number of hydrogen-bond donors (Lipinski definition) is 2. The summed E-state index contributed by atoms with van der Waals surface area (Å²) in [7, 11) is 1.75. The summed E-state index contributed by atoms with van der Waals surface area (Å²) in [5, 5.41) is 9.72. The third-order valence-corrected chi connectivity index (χ3v) is 5.42. The molecule has 0 atom stereocenters. The summed E-state index contributed by atoms with van der Waals surface area (Å²) in [4.78, 5) is 4.46. The van der Waals surface area contributed by atoms with Gasteiger partial charge in [0.2, 0.25) is 0 Å². The van der Waals surface area contributed by atoms with Crippen molar-refractivity contribution in [3.8, 4) is 0 Å². The second-order valence-corrected chi connectivity index (χ2v) is 7.79. The van der Waals surface area contributed by atoms with Crippen molar-refractivity contribution in [1.82, 2.24) is 4.57 Å². The predicted molar refractivity (Wildman–Crippen MR) is 103 cm³/mol. The fourth-order valence-electron chi connectivity index (χ4n) is 3.60. The first kappa shape index (κ1) is 17.9. The lowest BCUT2D eigenvalue weighted by molar-refractivity contribution is 0.331. The highest BCUT2D eigenvalue weighted by Gasteiger charge is 2.44. The van der Waals surface area contributed by atoms with E-state index in [0.717, 1.165) is 35.9 Å². The van der Waals surface area contributed by atoms with Gasteiger partial charge in [0.1, 0.15) is 11.3 Å². The van der Waals surface area contributed by atoms with E-state index in [2.05, 4.69) is 4.99 Å². The van der Waals surface area contributed by atoms with Crippen molar-refractivity contribution in [3.05, 3.63) is 64.2 Å². The minimum atomic E-state index is -0.523. The lowest BCUT2D eigenvalue weighted by Crippen LogP contribution is -2.50. The number of halogens is 1. The summed E-state index contributed by atoms with van der Waals surface area (Å²) in [6.45, 7) is 3.92. The summed E-state index contributed by atoms with van der Waals surface area (Å²) < 4.78 is 1.89. The van der Waals surface area contributed by atoms with Gasteiger partial charge >= 0.3 is 0 Å². The number of aromatic nitrogens is 1. The van der Waals surface area contributed by atoms with E-state index in [0.29, 0.717) is 10.9 Å². The van der Waals surface area contributed by atoms with Crippen molar-refractivity contribution in [3.63, 3.8) is 0 Å². The van der Waals surface area contributed by atoms with Crippen LogP contribution >= 0.6 is 11.6 Å². The molecule has 0 unspecified atom stereocenters. The van der Waals surface area contributed by atoms with Gasteiger partial charge in [-0.1, -0.05) is 36.2 Å². The van der Waals surface area contributed by atoms with E-state index in [-0.39, 0.29) is 5.41 Å². The molecule has 0 radical (unpaired) electrons. The van der Waals surface area contributed by atoms with Crippen LogP contribution in [0.4, 0.5) is 0 Å². The molecule has 3 rings (SSSR count). The van der Waals surface area contributed by atoms with Crippen LogP contribution in [0.25, 0.3) is 0 Å². The average molecular weight is 357 g/mol. The number of nitrogens with zero attached hydrogens (tertiary/aromatic N) is 2. The summed E-state index contributed by atoms with van der Waals surface area (Å²) in [6.07, 6.45) is 4.95. The zero-order chi connectivity index (χ0) is 18.2. The highest BCUT2D eigenvalue weighted by atomic mass is 35.5. The van der Waals surface area contributed by atoms with E-state index >= 15 is 0 Å². The SMILES string of the molecule is CN=c1c(C(C)(C)N)cccn1C(=N)C1(c2ccc(Cl)cc2)CCC1. The smallest absolute Gasteiger partial charge is 0.137 e. The zero-order valence-electron chi connectivity index (χ0n) is 15.0. The molecule has 1 saturated carbocycles. The summed E-state index contributed by atoms with van der Waals surface area (Å²) in [5.74, 6) is 0.549. The Kier molecular flexibility index (Phi) is 4.60. The number of benzene rings is 1. The predicted octanol–water partition coefficient (Wildman–Crippen LogP) is 3.81. The molecule has 2 aromatic rings. The molecule has 1 fully saturated rings. The van der Waals surface area contributed by atoms with E-state index in [1.165, 1.54) is 0 Å². The van der Waals surface area contributed by atoms with E-state index in [4.69, 9.17) is 22.7 Å². The van der Waals surface area contributed by atoms with Crippen molar-refractivity contribution in [2.24, 2.45) is 10.7 Å². The van der Waals surface area contributed by atoms with E-state index in [1.807, 2.05) is 61.0 Å². The maximum absolute atomic E-state index is 9.00. The maximum atomic E-state index is 9.00. The molecule has 5 heteroatoms. The van der Waals surface area contributed by atoms with Crippen LogP contribution in [-0.4, -0.2) is 17.5 Å². The van der Waals surface area contributed by atoms with Gasteiger partial charge in [0.15, 0.2) is 0 Å². The quantitative estimate of drug-likeness (QED) is 0.637. The van der Waals surface area contributed by atoms with Crippen molar-refractivity contribution in [1.29, 1.82) is 5.41 Å². The molecule has 4 nitrogen and oxygen atoms in total. The summed E-state index contributed by atoms with van der Waals surface area (Å²) in [5.41, 5.74) is 8.35. The molecule has 0 bridgehead atoms. The third-order valence-electron chi connectivity index (χ3n) is 5.17. The zero-order valence-corrected chi connectivity index (χ0v) is 15.8. The first-order chi connectivity index (χ1) is 11.8. The van der Waals surface area contributed by atoms with Gasteiger partial charge in [-0.05, 0) is 50.5 Å². The normalized spacial score (nSPS) is 17.2. The number of nitrogens with two attached hydrogens (primary N) is 1. The van der Waals surface area contributed by atoms with Gasteiger partial charge in [-0.3, -0.25) is 15.0 Å². The van der Waals surface area contributed by atoms with Crippen LogP contribution in [0, 0.1) is 5.41 Å². The minimum Gasteiger partial charge on any atom is -0.322 e. The van der Waals surface area contributed by atoms with E-state index in [1.54, 1.807) is 7.05 Å². The Bertz CT molecular complexity index is 853. The molecule has 132 valence electrons. The molecule has 1 heterocycles. The van der Waals surface area contributed by atoms with Crippen LogP contribution in [0.2, 0.25) is 5.02 Å². The Balaban J connectivity index is 2.13. The Morgan fingerprint density at radius 1 is 1.24 bits per heavy atom. The Labute approximate surface area is 153 Å². The fraction of sp³-hybridized carbons (Fsp3) is 0.400. The minimum absolute atomic E-state index is 0.286. The number of hydrogen-bond acceptors (Lipinski definition) is 3. The molecular formula is C20H25ClN4. The van der Waals surface area contributed by atoms with Gasteiger partial charge in [-0.15, -0.1) is 0 Å². The van der Waals surface area contributed by atoms with Crippen LogP contribution in [-0.2, 0) is 11.0 Å².